The molecule has 1 aromatic heterocycles. The van der Waals surface area contributed by atoms with E-state index in [9.17, 15) is 4.39 Å². The maximum atomic E-state index is 14.3. The Hall–Kier alpha value is -1.58. The Bertz CT molecular complexity index is 796. The second-order valence-corrected chi connectivity index (χ2v) is 5.24. The highest BCUT2D eigenvalue weighted by Gasteiger charge is 2.16. The highest BCUT2D eigenvalue weighted by molar-refractivity contribution is 6.30. The van der Waals surface area contributed by atoms with Crippen LogP contribution in [0.5, 0.6) is 0 Å². The third-order valence-corrected chi connectivity index (χ3v) is 3.70. The number of benzene rings is 2. The largest absolute Gasteiger partial charge is 0.292 e. The highest BCUT2D eigenvalue weighted by Crippen LogP contribution is 2.28. The molecule has 3 aromatic rings. The van der Waals surface area contributed by atoms with Crippen molar-refractivity contribution in [1.29, 1.82) is 0 Å². The molecule has 102 valence electrons. The van der Waals surface area contributed by atoms with E-state index in [2.05, 4.69) is 4.98 Å². The fraction of sp³-hybridized carbons (Fsp3) is 0.133. The summed E-state index contributed by atoms with van der Waals surface area (Å²) in [6.07, 6.45) is 0. The summed E-state index contributed by atoms with van der Waals surface area (Å²) in [5, 5.41) is 0.0805. The van der Waals surface area contributed by atoms with Crippen LogP contribution in [0.4, 0.5) is 4.39 Å². The standard InChI is InChI=1S/C15H11Cl2FN2/c1-9-5-6-12-11(7-9)19-14(8-16)20(12)13-4-2-3-10(17)15(13)18/h2-7H,8H2,1H3. The number of hydrogen-bond acceptors (Lipinski definition) is 1. The minimum absolute atomic E-state index is 0.0805. The third-order valence-electron chi connectivity index (χ3n) is 3.17. The number of rotatable bonds is 2. The Morgan fingerprint density at radius 1 is 1.25 bits per heavy atom. The van der Waals surface area contributed by atoms with Crippen molar-refractivity contribution in [2.45, 2.75) is 12.8 Å². The van der Waals surface area contributed by atoms with Gasteiger partial charge in [0, 0.05) is 0 Å². The minimum Gasteiger partial charge on any atom is -0.292 e. The lowest BCUT2D eigenvalue weighted by Crippen LogP contribution is -2.02. The van der Waals surface area contributed by atoms with Crippen LogP contribution in [0.2, 0.25) is 5.02 Å². The summed E-state index contributed by atoms with van der Waals surface area (Å²) in [6.45, 7) is 1.98. The maximum Gasteiger partial charge on any atom is 0.165 e. The van der Waals surface area contributed by atoms with Gasteiger partial charge in [-0.1, -0.05) is 23.7 Å². The number of aromatic nitrogens is 2. The number of hydrogen-bond donors (Lipinski definition) is 0. The van der Waals surface area contributed by atoms with Crippen LogP contribution in [0.3, 0.4) is 0 Å². The number of aryl methyl sites for hydroxylation is 1. The predicted octanol–water partition coefficient (Wildman–Crippen LogP) is 4.87. The molecule has 0 bridgehead atoms. The molecule has 0 amide bonds. The zero-order valence-electron chi connectivity index (χ0n) is 10.7. The molecule has 0 radical (unpaired) electrons. The van der Waals surface area contributed by atoms with Crippen LogP contribution in [-0.2, 0) is 5.88 Å². The lowest BCUT2D eigenvalue weighted by molar-refractivity contribution is 0.618. The Labute approximate surface area is 125 Å². The Balaban J connectivity index is 2.37. The molecular formula is C15H11Cl2FN2. The van der Waals surface area contributed by atoms with Crippen molar-refractivity contribution >= 4 is 34.2 Å². The molecule has 1 heterocycles. The molecule has 0 saturated carbocycles. The van der Waals surface area contributed by atoms with Crippen LogP contribution < -0.4 is 0 Å². The van der Waals surface area contributed by atoms with Crippen molar-refractivity contribution in [3.63, 3.8) is 0 Å². The van der Waals surface area contributed by atoms with Gasteiger partial charge in [-0.2, -0.15) is 0 Å². The van der Waals surface area contributed by atoms with Crippen LogP contribution >= 0.6 is 23.2 Å². The average Bonchev–Trinajstić information content (AvgIpc) is 2.79. The molecule has 0 saturated heterocycles. The van der Waals surface area contributed by atoms with Gasteiger partial charge in [0.05, 0.1) is 27.6 Å². The Morgan fingerprint density at radius 2 is 2.05 bits per heavy atom. The molecule has 20 heavy (non-hydrogen) atoms. The molecule has 2 nitrogen and oxygen atoms in total. The number of halogens is 3. The van der Waals surface area contributed by atoms with Crippen molar-refractivity contribution in [3.05, 3.63) is 58.6 Å². The van der Waals surface area contributed by atoms with E-state index in [0.717, 1.165) is 16.6 Å². The molecule has 0 aliphatic heterocycles. The van der Waals surface area contributed by atoms with Crippen molar-refractivity contribution in [3.8, 4) is 5.69 Å². The molecular weight excluding hydrogens is 298 g/mol. The quantitative estimate of drug-likeness (QED) is 0.618. The van der Waals surface area contributed by atoms with Gasteiger partial charge in [-0.05, 0) is 36.8 Å². The monoisotopic (exact) mass is 308 g/mol. The molecule has 2 aromatic carbocycles. The second-order valence-electron chi connectivity index (χ2n) is 4.56. The van der Waals surface area contributed by atoms with E-state index < -0.39 is 5.82 Å². The van der Waals surface area contributed by atoms with Crippen LogP contribution in [-0.4, -0.2) is 9.55 Å². The predicted molar refractivity (Wildman–Crippen MR) is 80.3 cm³/mol. The van der Waals surface area contributed by atoms with E-state index in [0.29, 0.717) is 11.5 Å². The SMILES string of the molecule is Cc1ccc2c(c1)nc(CCl)n2-c1cccc(Cl)c1F. The second kappa shape index (κ2) is 5.08. The van der Waals surface area contributed by atoms with E-state index in [1.54, 1.807) is 16.7 Å². The molecule has 0 spiro atoms. The molecule has 0 aliphatic carbocycles. The zero-order chi connectivity index (χ0) is 14.3. The summed E-state index contributed by atoms with van der Waals surface area (Å²) in [4.78, 5) is 4.46. The molecule has 0 unspecified atom stereocenters. The third kappa shape index (κ3) is 2.07. The van der Waals surface area contributed by atoms with Gasteiger partial charge in [0.25, 0.3) is 0 Å². The van der Waals surface area contributed by atoms with E-state index in [4.69, 9.17) is 23.2 Å². The zero-order valence-corrected chi connectivity index (χ0v) is 12.2. The van der Waals surface area contributed by atoms with Crippen LogP contribution in [0.25, 0.3) is 16.7 Å². The van der Waals surface area contributed by atoms with E-state index >= 15 is 0 Å². The molecule has 0 aliphatic rings. The Kier molecular flexibility index (Phi) is 3.40. The fourth-order valence-corrected chi connectivity index (χ4v) is 2.61. The first kappa shape index (κ1) is 13.4. The summed E-state index contributed by atoms with van der Waals surface area (Å²) in [7, 11) is 0. The molecule has 3 rings (SSSR count). The number of alkyl halides is 1. The van der Waals surface area contributed by atoms with Gasteiger partial charge >= 0.3 is 0 Å². The van der Waals surface area contributed by atoms with E-state index in [1.165, 1.54) is 6.07 Å². The molecule has 5 heteroatoms. The average molecular weight is 309 g/mol. The summed E-state index contributed by atoms with van der Waals surface area (Å²) in [6, 6.07) is 10.7. The molecule has 0 N–H and O–H groups in total. The van der Waals surface area contributed by atoms with Crippen molar-refractivity contribution < 1.29 is 4.39 Å². The molecule has 0 atom stereocenters. The first-order valence-electron chi connectivity index (χ1n) is 6.10. The van der Waals surface area contributed by atoms with Crippen LogP contribution in [0.15, 0.2) is 36.4 Å². The number of imidazole rings is 1. The van der Waals surface area contributed by atoms with E-state index in [-0.39, 0.29) is 10.9 Å². The lowest BCUT2D eigenvalue weighted by atomic mass is 10.2. The number of nitrogens with zero attached hydrogens (tertiary/aromatic N) is 2. The van der Waals surface area contributed by atoms with Crippen molar-refractivity contribution in [2.24, 2.45) is 0 Å². The van der Waals surface area contributed by atoms with Crippen LogP contribution in [0, 0.1) is 12.7 Å². The summed E-state index contributed by atoms with van der Waals surface area (Å²) >= 11 is 11.8. The molecule has 0 fully saturated rings. The number of fused-ring (bicyclic) bond motifs is 1. The van der Waals surface area contributed by atoms with Gasteiger partial charge < -0.3 is 0 Å². The lowest BCUT2D eigenvalue weighted by Gasteiger charge is -2.09. The van der Waals surface area contributed by atoms with E-state index in [1.807, 2.05) is 25.1 Å². The first-order chi connectivity index (χ1) is 9.61. The van der Waals surface area contributed by atoms with Crippen molar-refractivity contribution in [1.82, 2.24) is 9.55 Å². The topological polar surface area (TPSA) is 17.8 Å². The van der Waals surface area contributed by atoms with Gasteiger partial charge in [-0.15, -0.1) is 11.6 Å². The van der Waals surface area contributed by atoms with Gasteiger partial charge in [-0.3, -0.25) is 4.57 Å². The highest BCUT2D eigenvalue weighted by atomic mass is 35.5. The fourth-order valence-electron chi connectivity index (χ4n) is 2.26. The van der Waals surface area contributed by atoms with Gasteiger partial charge in [0.1, 0.15) is 5.82 Å². The summed E-state index contributed by atoms with van der Waals surface area (Å²) in [5.41, 5.74) is 3.06. The maximum absolute atomic E-state index is 14.3. The van der Waals surface area contributed by atoms with Crippen molar-refractivity contribution in [2.75, 3.05) is 0 Å². The Morgan fingerprint density at radius 3 is 2.80 bits per heavy atom. The normalized spacial score (nSPS) is 11.2. The van der Waals surface area contributed by atoms with Crippen LogP contribution in [0.1, 0.15) is 11.4 Å². The smallest absolute Gasteiger partial charge is 0.165 e. The van der Waals surface area contributed by atoms with Gasteiger partial charge in [0.15, 0.2) is 5.82 Å². The minimum atomic E-state index is -0.472. The summed E-state index contributed by atoms with van der Waals surface area (Å²) in [5.74, 6) is 0.313. The summed E-state index contributed by atoms with van der Waals surface area (Å²) < 4.78 is 16.0. The van der Waals surface area contributed by atoms with Gasteiger partial charge in [-0.25, -0.2) is 9.37 Å². The van der Waals surface area contributed by atoms with Gasteiger partial charge in [0.2, 0.25) is 0 Å². The first-order valence-corrected chi connectivity index (χ1v) is 7.01.